The van der Waals surface area contributed by atoms with Crippen molar-refractivity contribution in [2.75, 3.05) is 5.84 Å². The predicted octanol–water partition coefficient (Wildman–Crippen LogP) is 1.05. The second-order valence-corrected chi connectivity index (χ2v) is 3.91. The Hall–Kier alpha value is -2.09. The largest absolute Gasteiger partial charge is 0.336 e. The van der Waals surface area contributed by atoms with Crippen molar-refractivity contribution in [2.45, 2.75) is 10.1 Å². The molecule has 1 aromatic heterocycles. The van der Waals surface area contributed by atoms with Gasteiger partial charge in [-0.05, 0) is 23.9 Å². The summed E-state index contributed by atoms with van der Waals surface area (Å²) < 4.78 is 1.28. The number of nitrogens with zero attached hydrogens (tertiary/aromatic N) is 4. The van der Waals surface area contributed by atoms with Crippen LogP contribution >= 0.6 is 11.8 Å². The first-order chi connectivity index (χ1) is 7.66. The molecule has 2 rings (SSSR count). The summed E-state index contributed by atoms with van der Waals surface area (Å²) in [5, 5.41) is 18.4. The summed E-state index contributed by atoms with van der Waals surface area (Å²) in [5.41, 5.74) is 0.0542. The van der Waals surface area contributed by atoms with Crippen molar-refractivity contribution < 1.29 is 4.92 Å². The number of rotatable bonds is 3. The summed E-state index contributed by atoms with van der Waals surface area (Å²) in [6.45, 7) is 0. The van der Waals surface area contributed by atoms with Gasteiger partial charge < -0.3 is 5.84 Å². The molecule has 16 heavy (non-hydrogen) atoms. The van der Waals surface area contributed by atoms with Gasteiger partial charge in [-0.2, -0.15) is 0 Å². The monoisotopic (exact) mass is 237 g/mol. The first kappa shape index (κ1) is 10.4. The highest BCUT2D eigenvalue weighted by Crippen LogP contribution is 2.26. The van der Waals surface area contributed by atoms with E-state index in [2.05, 4.69) is 10.2 Å². The first-order valence-corrected chi connectivity index (χ1v) is 5.06. The lowest BCUT2D eigenvalue weighted by Crippen LogP contribution is -2.07. The number of hydrogen-bond donors (Lipinski definition) is 1. The van der Waals surface area contributed by atoms with Crippen molar-refractivity contribution in [2.24, 2.45) is 0 Å². The Labute approximate surface area is 94.4 Å². The van der Waals surface area contributed by atoms with E-state index in [1.54, 1.807) is 12.1 Å². The third-order valence-corrected chi connectivity index (χ3v) is 2.78. The summed E-state index contributed by atoms with van der Waals surface area (Å²) in [4.78, 5) is 10.8. The molecule has 0 aliphatic carbocycles. The Kier molecular flexibility index (Phi) is 2.73. The molecule has 0 aliphatic rings. The van der Waals surface area contributed by atoms with Crippen LogP contribution in [0.4, 0.5) is 5.69 Å². The van der Waals surface area contributed by atoms with Gasteiger partial charge in [0.25, 0.3) is 5.69 Å². The molecule has 0 aliphatic heterocycles. The minimum Gasteiger partial charge on any atom is -0.336 e. The van der Waals surface area contributed by atoms with Gasteiger partial charge in [-0.15, -0.1) is 10.2 Å². The average molecular weight is 237 g/mol. The summed E-state index contributed by atoms with van der Waals surface area (Å²) >= 11 is 1.28. The standard InChI is InChI=1S/C8H7N5O2S/c9-12-5-10-11-8(12)16-7-3-1-6(2-4-7)13(14)15/h1-5H,9H2. The van der Waals surface area contributed by atoms with E-state index in [0.717, 1.165) is 4.90 Å². The van der Waals surface area contributed by atoms with E-state index in [9.17, 15) is 10.1 Å². The molecular weight excluding hydrogens is 230 g/mol. The number of nitro groups is 1. The maximum atomic E-state index is 10.4. The van der Waals surface area contributed by atoms with Gasteiger partial charge in [0.1, 0.15) is 6.33 Å². The van der Waals surface area contributed by atoms with Gasteiger partial charge in [-0.1, -0.05) is 0 Å². The maximum absolute atomic E-state index is 10.4. The van der Waals surface area contributed by atoms with E-state index in [-0.39, 0.29) is 5.69 Å². The van der Waals surface area contributed by atoms with E-state index in [4.69, 9.17) is 5.84 Å². The zero-order chi connectivity index (χ0) is 11.5. The molecule has 1 aromatic carbocycles. The van der Waals surface area contributed by atoms with Gasteiger partial charge in [0, 0.05) is 17.0 Å². The maximum Gasteiger partial charge on any atom is 0.269 e. The molecule has 0 bridgehead atoms. The summed E-state index contributed by atoms with van der Waals surface area (Å²) in [6.07, 6.45) is 1.38. The van der Waals surface area contributed by atoms with Crippen LogP contribution in [0.2, 0.25) is 0 Å². The average Bonchev–Trinajstić information content (AvgIpc) is 2.65. The van der Waals surface area contributed by atoms with Crippen LogP contribution in [0.5, 0.6) is 0 Å². The van der Waals surface area contributed by atoms with Gasteiger partial charge in [0.15, 0.2) is 0 Å². The lowest BCUT2D eigenvalue weighted by molar-refractivity contribution is -0.384. The van der Waals surface area contributed by atoms with Crippen LogP contribution in [-0.2, 0) is 0 Å². The zero-order valence-electron chi connectivity index (χ0n) is 7.98. The van der Waals surface area contributed by atoms with Gasteiger partial charge in [0.05, 0.1) is 4.92 Å². The third kappa shape index (κ3) is 2.11. The van der Waals surface area contributed by atoms with Gasteiger partial charge in [0.2, 0.25) is 5.16 Å². The van der Waals surface area contributed by atoms with Gasteiger partial charge >= 0.3 is 0 Å². The number of nitrogens with two attached hydrogens (primary N) is 1. The van der Waals surface area contributed by atoms with Crippen LogP contribution in [0.15, 0.2) is 40.6 Å². The minimum atomic E-state index is -0.445. The molecule has 2 N–H and O–H groups in total. The number of non-ortho nitro benzene ring substituents is 1. The fourth-order valence-corrected chi connectivity index (χ4v) is 1.77. The molecule has 0 atom stereocenters. The zero-order valence-corrected chi connectivity index (χ0v) is 8.79. The molecule has 82 valence electrons. The van der Waals surface area contributed by atoms with Crippen molar-refractivity contribution >= 4 is 17.4 Å². The van der Waals surface area contributed by atoms with Crippen LogP contribution in [-0.4, -0.2) is 19.8 Å². The van der Waals surface area contributed by atoms with Crippen molar-refractivity contribution in [1.82, 2.24) is 14.9 Å². The predicted molar refractivity (Wildman–Crippen MR) is 57.4 cm³/mol. The van der Waals surface area contributed by atoms with Crippen molar-refractivity contribution in [3.63, 3.8) is 0 Å². The van der Waals surface area contributed by atoms with Crippen LogP contribution in [0, 0.1) is 10.1 Å². The number of nitro benzene ring substituents is 1. The van der Waals surface area contributed by atoms with E-state index in [1.807, 2.05) is 0 Å². The molecule has 1 heterocycles. The summed E-state index contributed by atoms with van der Waals surface area (Å²) in [7, 11) is 0. The highest BCUT2D eigenvalue weighted by atomic mass is 32.2. The second kappa shape index (κ2) is 4.19. The Morgan fingerprint density at radius 3 is 2.56 bits per heavy atom. The number of benzene rings is 1. The van der Waals surface area contributed by atoms with Crippen LogP contribution in [0.1, 0.15) is 0 Å². The number of aromatic nitrogens is 3. The topological polar surface area (TPSA) is 99.9 Å². The molecule has 0 fully saturated rings. The van der Waals surface area contributed by atoms with E-state index in [1.165, 1.54) is 34.9 Å². The van der Waals surface area contributed by atoms with E-state index < -0.39 is 4.92 Å². The fourth-order valence-electron chi connectivity index (χ4n) is 1.05. The van der Waals surface area contributed by atoms with Crippen molar-refractivity contribution in [1.29, 1.82) is 0 Å². The third-order valence-electron chi connectivity index (χ3n) is 1.80. The molecule has 0 saturated heterocycles. The van der Waals surface area contributed by atoms with E-state index in [0.29, 0.717) is 5.16 Å². The quantitative estimate of drug-likeness (QED) is 0.486. The molecule has 8 heteroatoms. The molecular formula is C8H7N5O2S. The Balaban J connectivity index is 2.17. The highest BCUT2D eigenvalue weighted by molar-refractivity contribution is 7.99. The summed E-state index contributed by atoms with van der Waals surface area (Å²) in [6, 6.07) is 6.13. The first-order valence-electron chi connectivity index (χ1n) is 4.24. The number of hydrogen-bond acceptors (Lipinski definition) is 6. The normalized spacial score (nSPS) is 10.2. The second-order valence-electron chi connectivity index (χ2n) is 2.87. The minimum absolute atomic E-state index is 0.0542. The lowest BCUT2D eigenvalue weighted by atomic mass is 10.3. The van der Waals surface area contributed by atoms with Crippen LogP contribution < -0.4 is 5.84 Å². The van der Waals surface area contributed by atoms with E-state index >= 15 is 0 Å². The molecule has 0 unspecified atom stereocenters. The van der Waals surface area contributed by atoms with Crippen molar-refractivity contribution in [3.05, 3.63) is 40.7 Å². The highest BCUT2D eigenvalue weighted by Gasteiger charge is 2.07. The molecule has 0 spiro atoms. The Morgan fingerprint density at radius 2 is 2.06 bits per heavy atom. The van der Waals surface area contributed by atoms with Crippen LogP contribution in [0.25, 0.3) is 0 Å². The SMILES string of the molecule is Nn1cnnc1Sc1ccc([N+](=O)[O-])cc1. The molecule has 7 nitrogen and oxygen atoms in total. The van der Waals surface area contributed by atoms with Crippen molar-refractivity contribution in [3.8, 4) is 0 Å². The van der Waals surface area contributed by atoms with Gasteiger partial charge in [-0.25, -0.2) is 4.68 Å². The molecule has 2 aromatic rings. The van der Waals surface area contributed by atoms with Gasteiger partial charge in [-0.3, -0.25) is 10.1 Å². The molecule has 0 amide bonds. The van der Waals surface area contributed by atoms with Crippen LogP contribution in [0.3, 0.4) is 0 Å². The smallest absolute Gasteiger partial charge is 0.269 e. The Morgan fingerprint density at radius 1 is 1.38 bits per heavy atom. The molecule has 0 radical (unpaired) electrons. The number of nitrogen functional groups attached to an aromatic ring is 1. The Bertz CT molecular complexity index is 509. The summed E-state index contributed by atoms with van der Waals surface area (Å²) in [5.74, 6) is 5.53. The fraction of sp³-hybridized carbons (Fsp3) is 0. The molecule has 0 saturated carbocycles. The lowest BCUT2D eigenvalue weighted by Gasteiger charge is -1.99.